The van der Waals surface area contributed by atoms with Gasteiger partial charge in [-0.2, -0.15) is 0 Å². The first kappa shape index (κ1) is 33.6. The van der Waals surface area contributed by atoms with Crippen LogP contribution in [-0.4, -0.2) is 120 Å². The number of benzene rings is 1. The lowest BCUT2D eigenvalue weighted by molar-refractivity contribution is -0.139. The molecule has 1 aromatic rings. The van der Waals surface area contributed by atoms with Gasteiger partial charge in [-0.25, -0.2) is 0 Å². The smallest absolute Gasteiger partial charge is 0.253 e. The van der Waals surface area contributed by atoms with Crippen molar-refractivity contribution >= 4 is 64.4 Å². The maximum atomic E-state index is 12.5. The van der Waals surface area contributed by atoms with Gasteiger partial charge in [-0.15, -0.1) is 0 Å². The summed E-state index contributed by atoms with van der Waals surface area (Å²) >= 11 is 5.19. The molecule has 16 heteroatoms. The summed E-state index contributed by atoms with van der Waals surface area (Å²) in [5, 5.41) is 13.7. The highest BCUT2D eigenvalue weighted by atomic mass is 32.1. The Balaban J connectivity index is 1.26. The predicted octanol–water partition coefficient (Wildman–Crippen LogP) is -1.67. The molecule has 0 aromatic heterocycles. The Kier molecular flexibility index (Phi) is 12.8. The van der Waals surface area contributed by atoms with Crippen molar-refractivity contribution < 1.29 is 33.6 Å². The Morgan fingerprint density at radius 3 is 1.84 bits per heavy atom. The number of nitrogens with zero attached hydrogens (tertiary/aromatic N) is 3. The van der Waals surface area contributed by atoms with Crippen LogP contribution in [0.2, 0.25) is 0 Å². The number of rotatable bonds is 13. The maximum absolute atomic E-state index is 12.5. The van der Waals surface area contributed by atoms with Crippen molar-refractivity contribution in [3.8, 4) is 0 Å². The van der Waals surface area contributed by atoms with Gasteiger partial charge in [0.1, 0.15) is 0 Å². The van der Waals surface area contributed by atoms with E-state index in [1.165, 1.54) is 12.2 Å². The second kappa shape index (κ2) is 16.7. The number of piperazine rings is 1. The zero-order valence-electron chi connectivity index (χ0n) is 24.3. The van der Waals surface area contributed by atoms with Crippen LogP contribution < -0.4 is 26.6 Å². The first-order chi connectivity index (χ1) is 21.1. The molecule has 0 spiro atoms. The molecule has 0 atom stereocenters. The fourth-order valence-corrected chi connectivity index (χ4v) is 4.47. The number of anilines is 1. The highest BCUT2D eigenvalue weighted by Crippen LogP contribution is 2.10. The number of hydrogen-bond acceptors (Lipinski definition) is 8. The molecule has 2 heterocycles. The van der Waals surface area contributed by atoms with Crippen molar-refractivity contribution in [3.05, 3.63) is 42.0 Å². The van der Waals surface area contributed by atoms with Crippen LogP contribution in [0, 0.1) is 0 Å². The molecule has 0 aliphatic carbocycles. The number of carbonyl (C=O) groups is 7. The molecule has 1 aromatic carbocycles. The highest BCUT2D eigenvalue weighted by molar-refractivity contribution is 7.80. The van der Waals surface area contributed by atoms with Crippen LogP contribution in [0.4, 0.5) is 5.69 Å². The molecular weight excluding hydrogens is 592 g/mol. The van der Waals surface area contributed by atoms with Crippen LogP contribution in [0.25, 0.3) is 0 Å². The molecule has 1 fully saturated rings. The van der Waals surface area contributed by atoms with Crippen molar-refractivity contribution in [2.75, 3.05) is 64.2 Å². The topological polar surface area (TPSA) is 189 Å². The van der Waals surface area contributed by atoms with Crippen LogP contribution in [0.1, 0.15) is 30.1 Å². The van der Waals surface area contributed by atoms with E-state index in [0.717, 1.165) is 4.90 Å². The van der Waals surface area contributed by atoms with E-state index in [0.29, 0.717) is 17.8 Å². The molecular formula is C28H36N8O7S. The lowest BCUT2D eigenvalue weighted by Gasteiger charge is -2.34. The molecule has 2 aliphatic rings. The minimum absolute atomic E-state index is 0.0599. The highest BCUT2D eigenvalue weighted by Gasteiger charge is 2.25. The summed E-state index contributed by atoms with van der Waals surface area (Å²) < 4.78 is 0. The minimum atomic E-state index is -0.436. The fourth-order valence-electron chi connectivity index (χ4n) is 4.28. The van der Waals surface area contributed by atoms with Gasteiger partial charge in [0.25, 0.3) is 17.7 Å². The van der Waals surface area contributed by atoms with Gasteiger partial charge in [0.2, 0.25) is 23.6 Å². The molecule has 0 unspecified atom stereocenters. The molecule has 15 nitrogen and oxygen atoms in total. The predicted molar refractivity (Wildman–Crippen MR) is 163 cm³/mol. The van der Waals surface area contributed by atoms with Crippen LogP contribution in [0.5, 0.6) is 0 Å². The largest absolute Gasteiger partial charge is 0.353 e. The Bertz CT molecular complexity index is 1290. The van der Waals surface area contributed by atoms with Gasteiger partial charge >= 0.3 is 0 Å². The molecule has 3 rings (SSSR count). The van der Waals surface area contributed by atoms with E-state index >= 15 is 0 Å². The zero-order chi connectivity index (χ0) is 32.1. The van der Waals surface area contributed by atoms with E-state index < -0.39 is 17.7 Å². The van der Waals surface area contributed by atoms with E-state index in [9.17, 15) is 33.6 Å². The third kappa shape index (κ3) is 10.4. The van der Waals surface area contributed by atoms with E-state index in [-0.39, 0.29) is 93.9 Å². The van der Waals surface area contributed by atoms with Gasteiger partial charge in [-0.05, 0) is 49.8 Å². The maximum Gasteiger partial charge on any atom is 0.253 e. The van der Waals surface area contributed by atoms with Gasteiger partial charge in [-0.3, -0.25) is 38.5 Å². The average molecular weight is 629 g/mol. The molecule has 236 valence electrons. The summed E-state index contributed by atoms with van der Waals surface area (Å²) in [6, 6.07) is 6.67. The first-order valence-electron chi connectivity index (χ1n) is 14.1. The normalized spacial score (nSPS) is 14.2. The van der Waals surface area contributed by atoms with Gasteiger partial charge in [0, 0.05) is 69.1 Å². The number of amides is 7. The van der Waals surface area contributed by atoms with Gasteiger partial charge in [-0.1, -0.05) is 0 Å². The van der Waals surface area contributed by atoms with Crippen LogP contribution in [0.15, 0.2) is 36.4 Å². The number of hydrogen-bond donors (Lipinski definition) is 5. The SMILES string of the molecule is CCNC(=O)c1ccc(NC(=S)NCC(=O)NCC(=O)N2CCN(C(=O)CNC(=O)CCCN3C(=O)C=CC3=O)CC2)cc1. The monoisotopic (exact) mass is 628 g/mol. The van der Waals surface area contributed by atoms with E-state index in [4.69, 9.17) is 12.2 Å². The van der Waals surface area contributed by atoms with Crippen molar-refractivity contribution in [2.24, 2.45) is 0 Å². The van der Waals surface area contributed by atoms with Crippen molar-refractivity contribution in [3.63, 3.8) is 0 Å². The van der Waals surface area contributed by atoms with Gasteiger partial charge < -0.3 is 36.4 Å². The van der Waals surface area contributed by atoms with Gasteiger partial charge in [0.15, 0.2) is 5.11 Å². The summed E-state index contributed by atoms with van der Waals surface area (Å²) in [7, 11) is 0. The van der Waals surface area contributed by atoms with Crippen molar-refractivity contribution in [2.45, 2.75) is 19.8 Å². The number of nitrogens with one attached hydrogen (secondary N) is 5. The number of thiocarbonyl (C=S) groups is 1. The second-order valence-corrected chi connectivity index (χ2v) is 10.2. The average Bonchev–Trinajstić information content (AvgIpc) is 3.34. The lowest BCUT2D eigenvalue weighted by atomic mass is 10.2. The van der Waals surface area contributed by atoms with Crippen LogP contribution in [0.3, 0.4) is 0 Å². The third-order valence-electron chi connectivity index (χ3n) is 6.70. The van der Waals surface area contributed by atoms with Crippen molar-refractivity contribution in [1.82, 2.24) is 36.0 Å². The summed E-state index contributed by atoms with van der Waals surface area (Å²) in [5.41, 5.74) is 1.14. The van der Waals surface area contributed by atoms with Gasteiger partial charge in [0.05, 0.1) is 19.6 Å². The Morgan fingerprint density at radius 1 is 0.750 bits per heavy atom. The van der Waals surface area contributed by atoms with Crippen molar-refractivity contribution in [1.29, 1.82) is 0 Å². The molecule has 1 saturated heterocycles. The molecule has 7 amide bonds. The summed E-state index contributed by atoms with van der Waals surface area (Å²) in [4.78, 5) is 88.3. The lowest BCUT2D eigenvalue weighted by Crippen LogP contribution is -2.54. The summed E-state index contributed by atoms with van der Waals surface area (Å²) in [5.74, 6) is -2.38. The minimum Gasteiger partial charge on any atom is -0.353 e. The zero-order valence-corrected chi connectivity index (χ0v) is 25.2. The Morgan fingerprint density at radius 2 is 1.30 bits per heavy atom. The number of carbonyl (C=O) groups excluding carboxylic acids is 7. The van der Waals surface area contributed by atoms with E-state index in [2.05, 4.69) is 26.6 Å². The van der Waals surface area contributed by atoms with E-state index in [1.54, 1.807) is 34.1 Å². The fraction of sp³-hybridized carbons (Fsp3) is 0.429. The molecule has 2 aliphatic heterocycles. The number of imide groups is 1. The van der Waals surface area contributed by atoms with E-state index in [1.807, 2.05) is 6.92 Å². The molecule has 0 bridgehead atoms. The quantitative estimate of drug-likeness (QED) is 0.125. The molecule has 0 saturated carbocycles. The first-order valence-corrected chi connectivity index (χ1v) is 14.5. The Hall–Kier alpha value is -4.86. The third-order valence-corrected chi connectivity index (χ3v) is 6.94. The molecule has 5 N–H and O–H groups in total. The van der Waals surface area contributed by atoms with Crippen LogP contribution in [-0.2, 0) is 28.8 Å². The second-order valence-electron chi connectivity index (χ2n) is 9.82. The molecule has 44 heavy (non-hydrogen) atoms. The summed E-state index contributed by atoms with van der Waals surface area (Å²) in [6.45, 7) is 3.05. The molecule has 0 radical (unpaired) electrons. The van der Waals surface area contributed by atoms with Crippen LogP contribution >= 0.6 is 12.2 Å². The Labute approximate surface area is 259 Å². The summed E-state index contributed by atoms with van der Waals surface area (Å²) in [6.07, 6.45) is 2.70. The standard InChI is InChI=1S/C28H36N8O7S/c1-2-29-27(43)19-5-7-20(8-6-19)33-28(44)32-16-22(38)31-18-26(42)35-14-12-34(13-15-35)25(41)17-30-21(37)4-3-11-36-23(39)9-10-24(36)40/h5-10H,2-4,11-18H2,1H3,(H,29,43)(H,30,37)(H,31,38)(H2,32,33,44).